The van der Waals surface area contributed by atoms with Gasteiger partial charge in [-0.2, -0.15) is 5.26 Å². The second-order valence-electron chi connectivity index (χ2n) is 4.11. The van der Waals surface area contributed by atoms with Gasteiger partial charge in [0, 0.05) is 17.1 Å². The number of fused-ring (bicyclic) bond motifs is 1. The summed E-state index contributed by atoms with van der Waals surface area (Å²) in [5.74, 6) is 0. The Morgan fingerprint density at radius 3 is 2.80 bits per heavy atom. The molecule has 2 N–H and O–H groups in total. The van der Waals surface area contributed by atoms with Crippen molar-refractivity contribution in [3.63, 3.8) is 0 Å². The second-order valence-corrected chi connectivity index (χ2v) is 4.11. The Morgan fingerprint density at radius 1 is 1.33 bits per heavy atom. The van der Waals surface area contributed by atoms with Crippen molar-refractivity contribution in [1.82, 2.24) is 4.98 Å². The van der Waals surface area contributed by atoms with E-state index in [1.54, 1.807) is 0 Å². The fourth-order valence-corrected chi connectivity index (χ4v) is 1.54. The Kier molecular flexibility index (Phi) is 2.12. The zero-order valence-electron chi connectivity index (χ0n) is 8.83. The molecule has 0 aliphatic heterocycles. The van der Waals surface area contributed by atoms with Crippen molar-refractivity contribution >= 4 is 16.6 Å². The molecule has 0 aliphatic rings. The number of rotatable bonds is 2. The molecule has 3 heteroatoms. The molecule has 15 heavy (non-hydrogen) atoms. The number of benzene rings is 1. The Bertz CT molecular complexity index is 517. The molecule has 0 aliphatic carbocycles. The highest BCUT2D eigenvalue weighted by atomic mass is 15.0. The van der Waals surface area contributed by atoms with Crippen LogP contribution in [0.4, 0.5) is 5.69 Å². The van der Waals surface area contributed by atoms with Gasteiger partial charge in [0.2, 0.25) is 0 Å². The van der Waals surface area contributed by atoms with Crippen LogP contribution >= 0.6 is 0 Å². The number of para-hydroxylation sites is 1. The minimum Gasteiger partial charge on any atom is -0.366 e. The van der Waals surface area contributed by atoms with Crippen molar-refractivity contribution in [3.8, 4) is 6.07 Å². The predicted octanol–water partition coefficient (Wildman–Crippen LogP) is 2.88. The van der Waals surface area contributed by atoms with Crippen LogP contribution in [0, 0.1) is 11.3 Å². The lowest BCUT2D eigenvalue weighted by molar-refractivity contribution is 0.730. The number of hydrogen-bond acceptors (Lipinski definition) is 2. The summed E-state index contributed by atoms with van der Waals surface area (Å²) >= 11 is 0. The van der Waals surface area contributed by atoms with Crippen molar-refractivity contribution in [3.05, 3.63) is 30.5 Å². The summed E-state index contributed by atoms with van der Waals surface area (Å²) in [4.78, 5) is 3.16. The molecule has 0 fully saturated rings. The summed E-state index contributed by atoms with van der Waals surface area (Å²) < 4.78 is 0. The average molecular weight is 199 g/mol. The van der Waals surface area contributed by atoms with Gasteiger partial charge in [-0.3, -0.25) is 0 Å². The summed E-state index contributed by atoms with van der Waals surface area (Å²) in [7, 11) is 0. The molecule has 0 atom stereocenters. The van der Waals surface area contributed by atoms with Crippen molar-refractivity contribution in [2.75, 3.05) is 5.32 Å². The van der Waals surface area contributed by atoms with Crippen molar-refractivity contribution < 1.29 is 0 Å². The lowest BCUT2D eigenvalue weighted by Crippen LogP contribution is -2.28. The first kappa shape index (κ1) is 9.60. The maximum absolute atomic E-state index is 8.94. The fourth-order valence-electron chi connectivity index (χ4n) is 1.54. The predicted molar refractivity (Wildman–Crippen MR) is 61.6 cm³/mol. The van der Waals surface area contributed by atoms with Crippen molar-refractivity contribution in [2.24, 2.45) is 0 Å². The van der Waals surface area contributed by atoms with Crippen LogP contribution in [-0.4, -0.2) is 10.5 Å². The van der Waals surface area contributed by atoms with Gasteiger partial charge in [0.1, 0.15) is 5.54 Å². The molecule has 3 nitrogen and oxygen atoms in total. The van der Waals surface area contributed by atoms with E-state index in [0.717, 1.165) is 16.6 Å². The number of aromatic amines is 1. The molecule has 1 aromatic carbocycles. The molecule has 2 aromatic rings. The molecular formula is C12H13N3. The molecular weight excluding hydrogens is 186 g/mol. The number of H-pyrrole nitrogens is 1. The van der Waals surface area contributed by atoms with Gasteiger partial charge in [-0.1, -0.05) is 18.2 Å². The Labute approximate surface area is 88.7 Å². The van der Waals surface area contributed by atoms with Crippen molar-refractivity contribution in [1.29, 1.82) is 5.26 Å². The second kappa shape index (κ2) is 3.32. The SMILES string of the molecule is CC(C)(C#N)Nc1c[nH]c2ccccc12. The molecule has 76 valence electrons. The van der Waals surface area contributed by atoms with Gasteiger partial charge in [-0.15, -0.1) is 0 Å². The van der Waals surface area contributed by atoms with E-state index in [9.17, 15) is 0 Å². The van der Waals surface area contributed by atoms with Gasteiger partial charge >= 0.3 is 0 Å². The minimum absolute atomic E-state index is 0.551. The Balaban J connectivity index is 2.42. The standard InChI is InChI=1S/C12H13N3/c1-12(2,8-13)15-11-7-14-10-6-4-3-5-9(10)11/h3-7,14-15H,1-2H3. The first-order chi connectivity index (χ1) is 7.12. The topological polar surface area (TPSA) is 51.6 Å². The summed E-state index contributed by atoms with van der Waals surface area (Å²) in [6.07, 6.45) is 1.89. The maximum atomic E-state index is 8.94. The Hall–Kier alpha value is -1.95. The van der Waals surface area contributed by atoms with Gasteiger partial charge in [0.15, 0.2) is 0 Å². The molecule has 2 rings (SSSR count). The zero-order valence-corrected chi connectivity index (χ0v) is 8.83. The van der Waals surface area contributed by atoms with Crippen LogP contribution in [0.15, 0.2) is 30.5 Å². The highest BCUT2D eigenvalue weighted by Gasteiger charge is 2.17. The molecule has 0 saturated carbocycles. The van der Waals surface area contributed by atoms with E-state index in [4.69, 9.17) is 5.26 Å². The molecule has 1 heterocycles. The van der Waals surface area contributed by atoms with E-state index in [2.05, 4.69) is 16.4 Å². The van der Waals surface area contributed by atoms with E-state index in [1.165, 1.54) is 0 Å². The fraction of sp³-hybridized carbons (Fsp3) is 0.250. The smallest absolute Gasteiger partial charge is 0.119 e. The molecule has 1 aromatic heterocycles. The van der Waals surface area contributed by atoms with Crippen LogP contribution in [-0.2, 0) is 0 Å². The number of nitriles is 1. The van der Waals surface area contributed by atoms with Crippen molar-refractivity contribution in [2.45, 2.75) is 19.4 Å². The lowest BCUT2D eigenvalue weighted by atomic mass is 10.1. The normalized spacial score (nSPS) is 11.3. The third-order valence-corrected chi connectivity index (χ3v) is 2.32. The first-order valence-corrected chi connectivity index (χ1v) is 4.88. The number of anilines is 1. The van der Waals surface area contributed by atoms with Gasteiger partial charge in [0.25, 0.3) is 0 Å². The van der Waals surface area contributed by atoms with E-state index in [1.807, 2.05) is 44.3 Å². The van der Waals surface area contributed by atoms with Gasteiger partial charge in [-0.05, 0) is 19.9 Å². The molecule has 0 amide bonds. The van der Waals surface area contributed by atoms with Crippen LogP contribution in [0.25, 0.3) is 10.9 Å². The molecule has 0 bridgehead atoms. The highest BCUT2D eigenvalue weighted by molar-refractivity contribution is 5.92. The maximum Gasteiger partial charge on any atom is 0.119 e. The number of aromatic nitrogens is 1. The van der Waals surface area contributed by atoms with Gasteiger partial charge < -0.3 is 10.3 Å². The summed E-state index contributed by atoms with van der Waals surface area (Å²) in [6.45, 7) is 3.71. The molecule has 0 radical (unpaired) electrons. The number of nitrogens with one attached hydrogen (secondary N) is 2. The van der Waals surface area contributed by atoms with Gasteiger partial charge in [0.05, 0.1) is 11.8 Å². The largest absolute Gasteiger partial charge is 0.366 e. The van der Waals surface area contributed by atoms with Crippen LogP contribution in [0.1, 0.15) is 13.8 Å². The Morgan fingerprint density at radius 2 is 2.07 bits per heavy atom. The van der Waals surface area contributed by atoms with Crippen LogP contribution in [0.5, 0.6) is 0 Å². The zero-order chi connectivity index (χ0) is 10.9. The van der Waals surface area contributed by atoms with Crippen LogP contribution < -0.4 is 5.32 Å². The lowest BCUT2D eigenvalue weighted by Gasteiger charge is -2.18. The van der Waals surface area contributed by atoms with E-state index in [-0.39, 0.29) is 0 Å². The van der Waals surface area contributed by atoms with Crippen LogP contribution in [0.3, 0.4) is 0 Å². The minimum atomic E-state index is -0.551. The van der Waals surface area contributed by atoms with Gasteiger partial charge in [-0.25, -0.2) is 0 Å². The monoisotopic (exact) mass is 199 g/mol. The van der Waals surface area contributed by atoms with E-state index < -0.39 is 5.54 Å². The molecule has 0 unspecified atom stereocenters. The summed E-state index contributed by atoms with van der Waals surface area (Å²) in [5.41, 5.74) is 1.50. The highest BCUT2D eigenvalue weighted by Crippen LogP contribution is 2.25. The third-order valence-electron chi connectivity index (χ3n) is 2.32. The summed E-state index contributed by atoms with van der Waals surface area (Å²) in [6, 6.07) is 10.2. The third kappa shape index (κ3) is 1.79. The van der Waals surface area contributed by atoms with E-state index >= 15 is 0 Å². The quantitative estimate of drug-likeness (QED) is 0.781. The number of hydrogen-bond donors (Lipinski definition) is 2. The van der Waals surface area contributed by atoms with Crippen LogP contribution in [0.2, 0.25) is 0 Å². The van der Waals surface area contributed by atoms with E-state index in [0.29, 0.717) is 0 Å². The first-order valence-electron chi connectivity index (χ1n) is 4.88. The molecule has 0 saturated heterocycles. The molecule has 0 spiro atoms. The average Bonchev–Trinajstić information content (AvgIpc) is 2.62. The summed E-state index contributed by atoms with van der Waals surface area (Å²) in [5, 5.41) is 13.3. The number of nitrogens with zero attached hydrogens (tertiary/aromatic N) is 1.